The molecule has 3 fully saturated rings. The number of amides is 1. The molecular weight excluding hydrogens is 494 g/mol. The first kappa shape index (κ1) is 29.5. The van der Waals surface area contributed by atoms with Crippen LogP contribution in [0.15, 0.2) is 0 Å². The van der Waals surface area contributed by atoms with E-state index in [2.05, 4.69) is 5.32 Å². The second-order valence-electron chi connectivity index (χ2n) is 9.05. The maximum absolute atomic E-state index is 12.0. The molecule has 0 aromatic heterocycles. The van der Waals surface area contributed by atoms with Gasteiger partial charge < -0.3 is 75.0 Å². The van der Waals surface area contributed by atoms with Gasteiger partial charge in [-0.15, -0.1) is 0 Å². The lowest BCUT2D eigenvalue weighted by molar-refractivity contribution is -0.366. The van der Waals surface area contributed by atoms with Crippen molar-refractivity contribution in [2.45, 2.75) is 106 Å². The van der Waals surface area contributed by atoms with Gasteiger partial charge in [0.15, 0.2) is 18.9 Å². The van der Waals surface area contributed by atoms with Crippen LogP contribution in [0.5, 0.6) is 0 Å². The van der Waals surface area contributed by atoms with Crippen LogP contribution in [0, 0.1) is 0 Å². The number of nitrogens with one attached hydrogen (secondary N) is 1. The molecule has 36 heavy (non-hydrogen) atoms. The highest BCUT2D eigenvalue weighted by molar-refractivity contribution is 5.73. The summed E-state index contributed by atoms with van der Waals surface area (Å²) in [4.78, 5) is 12.0. The lowest BCUT2D eigenvalue weighted by Gasteiger charge is -2.49. The zero-order valence-electron chi connectivity index (χ0n) is 19.5. The molecule has 0 aromatic carbocycles. The highest BCUT2D eigenvalue weighted by Gasteiger charge is 2.53. The minimum atomic E-state index is -1.86. The fourth-order valence-electron chi connectivity index (χ4n) is 4.39. The summed E-state index contributed by atoms with van der Waals surface area (Å²) in [5, 5.41) is 93.4. The second-order valence-corrected chi connectivity index (χ2v) is 9.05. The van der Waals surface area contributed by atoms with Gasteiger partial charge in [-0.1, -0.05) is 0 Å². The molecule has 0 aromatic rings. The minimum Gasteiger partial charge on any atom is -0.394 e. The molecule has 15 atom stereocenters. The Hall–Kier alpha value is -1.09. The van der Waals surface area contributed by atoms with Crippen LogP contribution in [-0.2, 0) is 28.5 Å². The summed E-state index contributed by atoms with van der Waals surface area (Å²) in [5.74, 6) is -0.657. The molecule has 16 heteroatoms. The van der Waals surface area contributed by atoms with Gasteiger partial charge in [0.2, 0.25) is 5.91 Å². The van der Waals surface area contributed by atoms with E-state index in [1.54, 1.807) is 0 Å². The summed E-state index contributed by atoms with van der Waals surface area (Å²) in [6.07, 6.45) is -22.0. The summed E-state index contributed by atoms with van der Waals surface area (Å²) in [7, 11) is 0. The van der Waals surface area contributed by atoms with Crippen molar-refractivity contribution in [1.29, 1.82) is 0 Å². The van der Waals surface area contributed by atoms with E-state index in [-0.39, 0.29) is 0 Å². The van der Waals surface area contributed by atoms with E-state index >= 15 is 0 Å². The van der Waals surface area contributed by atoms with Crippen molar-refractivity contribution in [3.05, 3.63) is 0 Å². The van der Waals surface area contributed by atoms with Gasteiger partial charge in [0, 0.05) is 6.92 Å². The third kappa shape index (κ3) is 5.97. The van der Waals surface area contributed by atoms with Crippen LogP contribution in [0.3, 0.4) is 0 Å². The number of rotatable bonds is 7. The Labute approximate surface area is 205 Å². The maximum atomic E-state index is 12.0. The third-order valence-corrected chi connectivity index (χ3v) is 6.46. The predicted octanol–water partition coefficient (Wildman–Crippen LogP) is -6.40. The molecule has 3 aliphatic heterocycles. The number of aliphatic hydroxyl groups is 9. The first-order valence-corrected chi connectivity index (χ1v) is 11.4. The molecule has 3 saturated heterocycles. The van der Waals surface area contributed by atoms with E-state index in [0.717, 1.165) is 6.92 Å². The Morgan fingerprint density at radius 1 is 0.722 bits per heavy atom. The molecule has 0 radical (unpaired) electrons. The highest BCUT2D eigenvalue weighted by atomic mass is 16.7. The molecular formula is C20H35NO15. The van der Waals surface area contributed by atoms with Gasteiger partial charge in [-0.05, 0) is 6.92 Å². The second kappa shape index (κ2) is 12.2. The topological polar surface area (TPSA) is 257 Å². The summed E-state index contributed by atoms with van der Waals surface area (Å²) < 4.78 is 27.3. The van der Waals surface area contributed by atoms with Gasteiger partial charge in [-0.2, -0.15) is 0 Å². The van der Waals surface area contributed by atoms with Crippen LogP contribution in [0.1, 0.15) is 13.8 Å². The van der Waals surface area contributed by atoms with Crippen molar-refractivity contribution >= 4 is 5.91 Å². The Morgan fingerprint density at radius 3 is 1.89 bits per heavy atom. The average Bonchev–Trinajstić information content (AvgIpc) is 2.83. The van der Waals surface area contributed by atoms with Crippen LogP contribution in [-0.4, -0.2) is 157 Å². The smallest absolute Gasteiger partial charge is 0.217 e. The Bertz CT molecular complexity index is 731. The number of aliphatic hydroxyl groups excluding tert-OH is 9. The van der Waals surface area contributed by atoms with E-state index < -0.39 is 111 Å². The van der Waals surface area contributed by atoms with Crippen molar-refractivity contribution in [2.24, 2.45) is 0 Å². The van der Waals surface area contributed by atoms with Gasteiger partial charge in [0.25, 0.3) is 0 Å². The quantitative estimate of drug-likeness (QED) is 0.147. The normalized spacial score (nSPS) is 50.0. The lowest BCUT2D eigenvalue weighted by Crippen LogP contribution is -2.69. The summed E-state index contributed by atoms with van der Waals surface area (Å²) in [6, 6.07) is -1.41. The van der Waals surface area contributed by atoms with Gasteiger partial charge in [0.1, 0.15) is 67.1 Å². The van der Waals surface area contributed by atoms with Gasteiger partial charge in [-0.25, -0.2) is 0 Å². The zero-order valence-corrected chi connectivity index (χ0v) is 19.5. The van der Waals surface area contributed by atoms with Crippen LogP contribution in [0.2, 0.25) is 0 Å². The van der Waals surface area contributed by atoms with Crippen LogP contribution in [0.4, 0.5) is 0 Å². The highest BCUT2D eigenvalue weighted by Crippen LogP contribution is 2.32. The zero-order chi connectivity index (χ0) is 26.9. The SMILES string of the molecule is CC(=O)N[C@H]1[C@H](O[C@@H]2[C@@H](O)[C@@H](O)[C@@H](CO)O[C@H]2O)O[C@H](CO)[C@@H](O)[C@@H]1O[C@@H]1O[C@@H](C)[C@@H](O)[C@@H](O)[C@@H]1O. The van der Waals surface area contributed by atoms with E-state index in [9.17, 15) is 50.8 Å². The first-order chi connectivity index (χ1) is 16.9. The number of ether oxygens (including phenoxy) is 5. The Balaban J connectivity index is 1.87. The molecule has 3 aliphatic rings. The van der Waals surface area contributed by atoms with Crippen LogP contribution < -0.4 is 5.32 Å². The third-order valence-electron chi connectivity index (χ3n) is 6.46. The summed E-state index contributed by atoms with van der Waals surface area (Å²) >= 11 is 0. The molecule has 16 nitrogen and oxygen atoms in total. The van der Waals surface area contributed by atoms with Crippen LogP contribution in [0.25, 0.3) is 0 Å². The van der Waals surface area contributed by atoms with E-state index in [1.807, 2.05) is 0 Å². The first-order valence-electron chi connectivity index (χ1n) is 11.4. The lowest BCUT2D eigenvalue weighted by atomic mass is 9.94. The van der Waals surface area contributed by atoms with E-state index in [0.29, 0.717) is 0 Å². The molecule has 210 valence electrons. The van der Waals surface area contributed by atoms with Crippen molar-refractivity contribution in [3.8, 4) is 0 Å². The largest absolute Gasteiger partial charge is 0.394 e. The average molecular weight is 529 g/mol. The predicted molar refractivity (Wildman–Crippen MR) is 111 cm³/mol. The van der Waals surface area contributed by atoms with E-state index in [1.165, 1.54) is 6.92 Å². The van der Waals surface area contributed by atoms with Crippen molar-refractivity contribution in [3.63, 3.8) is 0 Å². The number of hydrogen-bond acceptors (Lipinski definition) is 15. The maximum Gasteiger partial charge on any atom is 0.217 e. The number of hydrogen-bond donors (Lipinski definition) is 10. The minimum absolute atomic E-state index is 0.657. The molecule has 0 saturated carbocycles. The van der Waals surface area contributed by atoms with Gasteiger partial charge >= 0.3 is 0 Å². The fraction of sp³-hybridized carbons (Fsp3) is 0.950. The number of carbonyl (C=O) groups excluding carboxylic acids is 1. The molecule has 0 bridgehead atoms. The summed E-state index contributed by atoms with van der Waals surface area (Å²) in [5.41, 5.74) is 0. The fourth-order valence-corrected chi connectivity index (χ4v) is 4.39. The molecule has 0 aliphatic carbocycles. The molecule has 1 amide bonds. The molecule has 0 unspecified atom stereocenters. The van der Waals surface area contributed by atoms with Crippen molar-refractivity contribution < 1.29 is 74.4 Å². The van der Waals surface area contributed by atoms with Crippen molar-refractivity contribution in [2.75, 3.05) is 13.2 Å². The molecule has 0 spiro atoms. The van der Waals surface area contributed by atoms with Crippen LogP contribution >= 0.6 is 0 Å². The van der Waals surface area contributed by atoms with Gasteiger partial charge in [0.05, 0.1) is 19.3 Å². The molecule has 10 N–H and O–H groups in total. The van der Waals surface area contributed by atoms with Crippen molar-refractivity contribution in [1.82, 2.24) is 5.32 Å². The summed E-state index contributed by atoms with van der Waals surface area (Å²) in [6.45, 7) is 1.03. The Morgan fingerprint density at radius 2 is 1.31 bits per heavy atom. The standard InChI is InChI=1S/C20H35NO15/c1-5-10(25)13(28)15(30)20(32-5)35-16-9(21-6(2)24)19(34-8(4-23)12(16)27)36-17-14(29)11(26)7(3-22)33-18(17)31/h5,7-20,22-23,25-31H,3-4H2,1-2H3,(H,21,24)/t5-,7+,8+,9+,10+,11-,12+,13+,14-,15-,16+,17+,18+,19-,20-/m0/s1. The molecule has 3 rings (SSSR count). The molecule has 3 heterocycles. The van der Waals surface area contributed by atoms with E-state index in [4.69, 9.17) is 23.7 Å². The number of carbonyl (C=O) groups is 1. The van der Waals surface area contributed by atoms with Gasteiger partial charge in [-0.3, -0.25) is 4.79 Å². The Kier molecular flexibility index (Phi) is 9.97. The monoisotopic (exact) mass is 529 g/mol.